The van der Waals surface area contributed by atoms with E-state index in [1.54, 1.807) is 22.0 Å². The number of rotatable bonds is 5. The average Bonchev–Trinajstić information content (AvgIpc) is 3.06. The van der Waals surface area contributed by atoms with E-state index in [9.17, 15) is 10.1 Å². The van der Waals surface area contributed by atoms with Crippen molar-refractivity contribution in [2.24, 2.45) is 5.92 Å². The molecule has 4 rings (SSSR count). The summed E-state index contributed by atoms with van der Waals surface area (Å²) in [4.78, 5) is 20.3. The van der Waals surface area contributed by atoms with E-state index in [4.69, 9.17) is 4.98 Å². The average molecular weight is 408 g/mol. The molecule has 0 radical (unpaired) electrons. The minimum absolute atomic E-state index is 0.0352. The quantitative estimate of drug-likeness (QED) is 0.342. The molecule has 0 saturated carbocycles. The Morgan fingerprint density at radius 1 is 1.46 bits per heavy atom. The van der Waals surface area contributed by atoms with E-state index in [-0.39, 0.29) is 5.56 Å². The van der Waals surface area contributed by atoms with E-state index in [1.165, 1.54) is 22.2 Å². The molecule has 1 atom stereocenters. The molecule has 4 nitrogen and oxygen atoms in total. The molecule has 0 bridgehead atoms. The molecule has 0 unspecified atom stereocenters. The second-order valence-electron chi connectivity index (χ2n) is 7.19. The number of benzene rings is 1. The zero-order valence-electron chi connectivity index (χ0n) is 15.8. The van der Waals surface area contributed by atoms with Crippen molar-refractivity contribution in [2.75, 3.05) is 0 Å². The van der Waals surface area contributed by atoms with Crippen molar-refractivity contribution in [2.45, 2.75) is 43.6 Å². The van der Waals surface area contributed by atoms with Gasteiger partial charge in [0.15, 0.2) is 5.16 Å². The highest BCUT2D eigenvalue weighted by Gasteiger charge is 2.24. The number of thiophene rings is 1. The molecule has 3 aromatic rings. The molecule has 0 aliphatic heterocycles. The minimum atomic E-state index is 0.0352. The van der Waals surface area contributed by atoms with Crippen molar-refractivity contribution in [3.8, 4) is 6.07 Å². The van der Waals surface area contributed by atoms with Crippen LogP contribution in [0.1, 0.15) is 34.9 Å². The molecular weight excluding hydrogens is 386 g/mol. The predicted octanol–water partition coefficient (Wildman–Crippen LogP) is 4.93. The normalized spacial score (nSPS) is 15.9. The van der Waals surface area contributed by atoms with Crippen molar-refractivity contribution in [1.82, 2.24) is 9.55 Å². The molecule has 0 spiro atoms. The predicted molar refractivity (Wildman–Crippen MR) is 116 cm³/mol. The van der Waals surface area contributed by atoms with E-state index in [1.807, 2.05) is 24.3 Å². The third-order valence-corrected chi connectivity index (χ3v) is 7.36. The second kappa shape index (κ2) is 7.94. The van der Waals surface area contributed by atoms with Crippen molar-refractivity contribution in [3.05, 3.63) is 68.8 Å². The van der Waals surface area contributed by atoms with Crippen molar-refractivity contribution < 1.29 is 0 Å². The summed E-state index contributed by atoms with van der Waals surface area (Å²) < 4.78 is 1.72. The van der Waals surface area contributed by atoms with Crippen LogP contribution in [0.15, 0.2) is 46.9 Å². The number of aromatic nitrogens is 2. The van der Waals surface area contributed by atoms with Gasteiger partial charge in [-0.3, -0.25) is 9.36 Å². The number of hydrogen-bond acceptors (Lipinski definition) is 5. The molecule has 2 aromatic heterocycles. The first-order chi connectivity index (χ1) is 13.6. The summed E-state index contributed by atoms with van der Waals surface area (Å²) in [6.45, 7) is 6.52. The van der Waals surface area contributed by atoms with Crippen molar-refractivity contribution in [3.63, 3.8) is 0 Å². The fourth-order valence-corrected chi connectivity index (χ4v) is 6.14. The Morgan fingerprint density at radius 2 is 2.29 bits per heavy atom. The van der Waals surface area contributed by atoms with Crippen LogP contribution < -0.4 is 5.56 Å². The van der Waals surface area contributed by atoms with Gasteiger partial charge in [0, 0.05) is 17.2 Å². The number of nitriles is 1. The lowest BCUT2D eigenvalue weighted by Gasteiger charge is -2.17. The fraction of sp³-hybridized carbons (Fsp3) is 0.318. The summed E-state index contributed by atoms with van der Waals surface area (Å²) in [7, 11) is 0. The van der Waals surface area contributed by atoms with E-state index >= 15 is 0 Å². The Morgan fingerprint density at radius 3 is 3.07 bits per heavy atom. The number of hydrogen-bond donors (Lipinski definition) is 0. The van der Waals surface area contributed by atoms with Gasteiger partial charge in [-0.1, -0.05) is 43.0 Å². The van der Waals surface area contributed by atoms with Gasteiger partial charge in [0.05, 0.1) is 17.0 Å². The maximum atomic E-state index is 13.3. The van der Waals surface area contributed by atoms with Crippen LogP contribution in [0.3, 0.4) is 0 Å². The standard InChI is InChI=1S/C22H21N3OS2/c1-3-10-25-21(26)19-17-9-8-14(2)11-18(17)28-20(19)24-22(25)27-13-16-7-5-4-6-15(16)12-23/h3-7,14H,1,8-11,13H2,2H3/t14-/m1/s1. The van der Waals surface area contributed by atoms with Gasteiger partial charge in [0.2, 0.25) is 0 Å². The lowest BCUT2D eigenvalue weighted by Crippen LogP contribution is -2.23. The highest BCUT2D eigenvalue weighted by atomic mass is 32.2. The maximum Gasteiger partial charge on any atom is 0.263 e. The first-order valence-electron chi connectivity index (χ1n) is 9.39. The summed E-state index contributed by atoms with van der Waals surface area (Å²) in [5, 5.41) is 10.8. The molecule has 1 aromatic carbocycles. The summed E-state index contributed by atoms with van der Waals surface area (Å²) in [5.74, 6) is 1.26. The summed E-state index contributed by atoms with van der Waals surface area (Å²) >= 11 is 3.18. The second-order valence-corrected chi connectivity index (χ2v) is 9.21. The smallest absolute Gasteiger partial charge is 0.263 e. The van der Waals surface area contributed by atoms with Crippen LogP contribution in [-0.4, -0.2) is 9.55 Å². The first kappa shape index (κ1) is 19.0. The molecule has 2 heterocycles. The fourth-order valence-electron chi connectivity index (χ4n) is 3.70. The van der Waals surface area contributed by atoms with Gasteiger partial charge in [-0.05, 0) is 42.4 Å². The SMILES string of the molecule is C=CCn1c(SCc2ccccc2C#N)nc2sc3c(c2c1=O)CC[C@@H](C)C3. The van der Waals surface area contributed by atoms with Crippen LogP contribution >= 0.6 is 23.1 Å². The van der Waals surface area contributed by atoms with Gasteiger partial charge in [0.25, 0.3) is 5.56 Å². The Bertz CT molecular complexity index is 1150. The largest absolute Gasteiger partial charge is 0.283 e. The van der Waals surface area contributed by atoms with E-state index in [0.29, 0.717) is 28.9 Å². The van der Waals surface area contributed by atoms with Crippen LogP contribution in [0.25, 0.3) is 10.2 Å². The number of fused-ring (bicyclic) bond motifs is 3. The van der Waals surface area contributed by atoms with Crippen LogP contribution in [0.4, 0.5) is 0 Å². The molecule has 0 amide bonds. The lowest BCUT2D eigenvalue weighted by molar-refractivity contribution is 0.509. The van der Waals surface area contributed by atoms with E-state index in [2.05, 4.69) is 19.6 Å². The van der Waals surface area contributed by atoms with Crippen molar-refractivity contribution >= 4 is 33.3 Å². The summed E-state index contributed by atoms with van der Waals surface area (Å²) in [5.41, 5.74) is 2.86. The number of thioether (sulfide) groups is 1. The number of nitrogens with zero attached hydrogens (tertiary/aromatic N) is 3. The summed E-state index contributed by atoms with van der Waals surface area (Å²) in [6.07, 6.45) is 4.86. The molecule has 142 valence electrons. The highest BCUT2D eigenvalue weighted by molar-refractivity contribution is 7.98. The first-order valence-corrected chi connectivity index (χ1v) is 11.2. The number of allylic oxidation sites excluding steroid dienone is 1. The molecule has 1 aliphatic carbocycles. The van der Waals surface area contributed by atoms with Crippen LogP contribution in [0.5, 0.6) is 0 Å². The maximum absolute atomic E-state index is 13.3. The zero-order chi connectivity index (χ0) is 19.7. The minimum Gasteiger partial charge on any atom is -0.283 e. The van der Waals surface area contributed by atoms with Gasteiger partial charge in [-0.25, -0.2) is 4.98 Å². The van der Waals surface area contributed by atoms with Gasteiger partial charge in [-0.15, -0.1) is 17.9 Å². The zero-order valence-corrected chi connectivity index (χ0v) is 17.4. The van der Waals surface area contributed by atoms with Crippen LogP contribution in [0, 0.1) is 17.2 Å². The Kier molecular flexibility index (Phi) is 5.38. The third kappa shape index (κ3) is 3.41. The molecule has 0 N–H and O–H groups in total. The van der Waals surface area contributed by atoms with E-state index in [0.717, 1.165) is 35.0 Å². The van der Waals surface area contributed by atoms with Gasteiger partial charge >= 0.3 is 0 Å². The van der Waals surface area contributed by atoms with Crippen LogP contribution in [-0.2, 0) is 25.1 Å². The topological polar surface area (TPSA) is 58.7 Å². The molecule has 1 aliphatic rings. The highest BCUT2D eigenvalue weighted by Crippen LogP contribution is 2.36. The number of aryl methyl sites for hydroxylation is 1. The van der Waals surface area contributed by atoms with Crippen LogP contribution in [0.2, 0.25) is 0 Å². The molecule has 0 fully saturated rings. The molecule has 28 heavy (non-hydrogen) atoms. The molecular formula is C22H21N3OS2. The van der Waals surface area contributed by atoms with Gasteiger partial charge < -0.3 is 0 Å². The lowest BCUT2D eigenvalue weighted by atomic mass is 9.89. The summed E-state index contributed by atoms with van der Waals surface area (Å²) in [6, 6.07) is 9.79. The Labute approximate surface area is 172 Å². The van der Waals surface area contributed by atoms with Gasteiger partial charge in [-0.2, -0.15) is 5.26 Å². The third-order valence-electron chi connectivity index (χ3n) is 5.19. The Balaban J connectivity index is 1.77. The molecule has 0 saturated heterocycles. The van der Waals surface area contributed by atoms with Crippen molar-refractivity contribution in [1.29, 1.82) is 5.26 Å². The Hall–Kier alpha value is -2.36. The van der Waals surface area contributed by atoms with E-state index < -0.39 is 0 Å². The van der Waals surface area contributed by atoms with Gasteiger partial charge in [0.1, 0.15) is 4.83 Å². The monoisotopic (exact) mass is 407 g/mol. The molecule has 6 heteroatoms.